The lowest BCUT2D eigenvalue weighted by Crippen LogP contribution is -2.23. The van der Waals surface area contributed by atoms with Crippen LogP contribution in [0.1, 0.15) is 16.1 Å². The van der Waals surface area contributed by atoms with E-state index in [1.54, 1.807) is 0 Å². The molecule has 2 aromatic rings. The zero-order chi connectivity index (χ0) is 15.2. The molecule has 5 heteroatoms. The van der Waals surface area contributed by atoms with Gasteiger partial charge in [-0.1, -0.05) is 41.7 Å². The van der Waals surface area contributed by atoms with Gasteiger partial charge in [-0.2, -0.15) is 0 Å². The fourth-order valence-electron chi connectivity index (χ4n) is 2.09. The monoisotopic (exact) mass is 303 g/mol. The quantitative estimate of drug-likeness (QED) is 0.737. The maximum absolute atomic E-state index is 11.3. The maximum Gasteiger partial charge on any atom is 0.186 e. The molecule has 0 saturated carbocycles. The summed E-state index contributed by atoms with van der Waals surface area (Å²) >= 11 is 1.45. The molecule has 0 aliphatic carbocycles. The second-order valence-electron chi connectivity index (χ2n) is 5.27. The van der Waals surface area contributed by atoms with Crippen molar-refractivity contribution in [3.05, 3.63) is 35.2 Å². The number of aromatic nitrogens is 1. The van der Waals surface area contributed by atoms with Crippen molar-refractivity contribution >= 4 is 22.8 Å². The van der Waals surface area contributed by atoms with Crippen LogP contribution in [0.5, 0.6) is 0 Å². The lowest BCUT2D eigenvalue weighted by Gasteiger charge is -2.17. The first-order chi connectivity index (χ1) is 10.1. The van der Waals surface area contributed by atoms with Crippen molar-refractivity contribution in [1.29, 1.82) is 0 Å². The highest BCUT2D eigenvalue weighted by molar-refractivity contribution is 7.17. The Balaban J connectivity index is 2.15. The number of rotatable bonds is 7. The van der Waals surface area contributed by atoms with E-state index in [1.807, 2.05) is 37.4 Å². The van der Waals surface area contributed by atoms with Crippen LogP contribution in [0, 0.1) is 0 Å². The molecule has 0 unspecified atom stereocenters. The predicted molar refractivity (Wildman–Crippen MR) is 89.4 cm³/mol. The Hall–Kier alpha value is -1.72. The Morgan fingerprint density at radius 3 is 2.48 bits per heavy atom. The molecule has 0 bridgehead atoms. The smallest absolute Gasteiger partial charge is 0.186 e. The second kappa shape index (κ2) is 7.33. The van der Waals surface area contributed by atoms with E-state index in [-0.39, 0.29) is 0 Å². The molecule has 0 spiro atoms. The summed E-state index contributed by atoms with van der Waals surface area (Å²) < 4.78 is 0. The van der Waals surface area contributed by atoms with Crippen molar-refractivity contribution in [3.8, 4) is 11.3 Å². The van der Waals surface area contributed by atoms with Crippen molar-refractivity contribution < 1.29 is 4.79 Å². The number of carbonyl (C=O) groups is 1. The zero-order valence-corrected chi connectivity index (χ0v) is 13.6. The number of thiazole rings is 1. The van der Waals surface area contributed by atoms with E-state index in [0.29, 0.717) is 4.88 Å². The molecule has 0 radical (unpaired) electrons. The molecule has 0 aliphatic rings. The molecule has 0 saturated heterocycles. The molecular formula is C16H21N3OS. The normalized spacial score (nSPS) is 10.9. The van der Waals surface area contributed by atoms with Crippen molar-refractivity contribution in [2.45, 2.75) is 6.42 Å². The number of anilines is 1. The molecule has 0 fully saturated rings. The van der Waals surface area contributed by atoms with Crippen LogP contribution in [-0.4, -0.2) is 50.4 Å². The van der Waals surface area contributed by atoms with E-state index < -0.39 is 0 Å². The SMILES string of the molecule is CN(C)CCCN(C)c1nc(-c2ccccc2)c(C=O)s1. The van der Waals surface area contributed by atoms with Crippen molar-refractivity contribution in [3.63, 3.8) is 0 Å². The van der Waals surface area contributed by atoms with E-state index in [0.717, 1.165) is 42.2 Å². The van der Waals surface area contributed by atoms with Gasteiger partial charge in [0.15, 0.2) is 11.4 Å². The Morgan fingerprint density at radius 2 is 1.86 bits per heavy atom. The number of nitrogens with zero attached hydrogens (tertiary/aromatic N) is 3. The number of carbonyl (C=O) groups excluding carboxylic acids is 1. The molecular weight excluding hydrogens is 282 g/mol. The molecule has 1 aromatic carbocycles. The first kappa shape index (κ1) is 15.7. The van der Waals surface area contributed by atoms with Gasteiger partial charge in [0.2, 0.25) is 0 Å². The van der Waals surface area contributed by atoms with Gasteiger partial charge in [-0.3, -0.25) is 4.79 Å². The van der Waals surface area contributed by atoms with Gasteiger partial charge < -0.3 is 9.80 Å². The highest BCUT2D eigenvalue weighted by Crippen LogP contribution is 2.31. The summed E-state index contributed by atoms with van der Waals surface area (Å²) in [6.45, 7) is 1.97. The molecule has 0 amide bonds. The number of hydrogen-bond donors (Lipinski definition) is 0. The highest BCUT2D eigenvalue weighted by atomic mass is 32.1. The molecule has 0 N–H and O–H groups in total. The van der Waals surface area contributed by atoms with E-state index >= 15 is 0 Å². The van der Waals surface area contributed by atoms with Crippen molar-refractivity contribution in [1.82, 2.24) is 9.88 Å². The fourth-order valence-corrected chi connectivity index (χ4v) is 2.98. The minimum absolute atomic E-state index is 0.690. The molecule has 0 atom stereocenters. The largest absolute Gasteiger partial charge is 0.351 e. The van der Waals surface area contributed by atoms with Crippen molar-refractivity contribution in [2.24, 2.45) is 0 Å². The third-order valence-electron chi connectivity index (χ3n) is 3.22. The summed E-state index contributed by atoms with van der Waals surface area (Å²) in [6.07, 6.45) is 1.97. The Labute approximate surface area is 130 Å². The van der Waals surface area contributed by atoms with Crippen LogP contribution in [-0.2, 0) is 0 Å². The van der Waals surface area contributed by atoms with Gasteiger partial charge in [-0.15, -0.1) is 0 Å². The lowest BCUT2D eigenvalue weighted by atomic mass is 10.1. The van der Waals surface area contributed by atoms with Gasteiger partial charge >= 0.3 is 0 Å². The summed E-state index contributed by atoms with van der Waals surface area (Å²) in [7, 11) is 6.17. The van der Waals surface area contributed by atoms with Crippen LogP contribution < -0.4 is 4.90 Å². The average molecular weight is 303 g/mol. The van der Waals surface area contributed by atoms with E-state index in [4.69, 9.17) is 0 Å². The topological polar surface area (TPSA) is 36.4 Å². The van der Waals surface area contributed by atoms with Gasteiger partial charge in [0.05, 0.1) is 10.6 Å². The average Bonchev–Trinajstić information content (AvgIpc) is 2.92. The molecule has 4 nitrogen and oxygen atoms in total. The molecule has 21 heavy (non-hydrogen) atoms. The first-order valence-corrected chi connectivity index (χ1v) is 7.80. The fraction of sp³-hybridized carbons (Fsp3) is 0.375. The van der Waals surface area contributed by atoms with E-state index in [2.05, 4.69) is 28.9 Å². The molecule has 0 aliphatic heterocycles. The third kappa shape index (κ3) is 4.12. The van der Waals surface area contributed by atoms with Crippen molar-refractivity contribution in [2.75, 3.05) is 39.1 Å². The van der Waals surface area contributed by atoms with Crippen LogP contribution in [0.25, 0.3) is 11.3 Å². The second-order valence-corrected chi connectivity index (χ2v) is 6.28. The molecule has 112 valence electrons. The molecule has 2 rings (SSSR count). The zero-order valence-electron chi connectivity index (χ0n) is 12.7. The van der Waals surface area contributed by atoms with Gasteiger partial charge in [0.1, 0.15) is 0 Å². The summed E-state index contributed by atoms with van der Waals surface area (Å²) in [4.78, 5) is 20.9. The Kier molecular flexibility index (Phi) is 5.47. The first-order valence-electron chi connectivity index (χ1n) is 6.99. The minimum atomic E-state index is 0.690. The van der Waals surface area contributed by atoms with E-state index in [1.165, 1.54) is 11.3 Å². The number of aldehydes is 1. The minimum Gasteiger partial charge on any atom is -0.351 e. The van der Waals surface area contributed by atoms with Gasteiger partial charge in [-0.25, -0.2) is 4.98 Å². The Bertz CT molecular complexity index is 580. The highest BCUT2D eigenvalue weighted by Gasteiger charge is 2.14. The summed E-state index contributed by atoms with van der Waals surface area (Å²) in [5, 5.41) is 0.898. The van der Waals surface area contributed by atoms with Gasteiger partial charge in [0.25, 0.3) is 0 Å². The van der Waals surface area contributed by atoms with Crippen LogP contribution in [0.2, 0.25) is 0 Å². The number of benzene rings is 1. The standard InChI is InChI=1S/C16H21N3OS/c1-18(2)10-7-11-19(3)16-17-15(14(12-20)21-16)13-8-5-4-6-9-13/h4-6,8-9,12H,7,10-11H2,1-3H3. The maximum atomic E-state index is 11.3. The van der Waals surface area contributed by atoms with Crippen LogP contribution in [0.4, 0.5) is 5.13 Å². The third-order valence-corrected chi connectivity index (χ3v) is 4.32. The van der Waals surface area contributed by atoms with Crippen LogP contribution >= 0.6 is 11.3 Å². The van der Waals surface area contributed by atoms with Gasteiger partial charge in [0, 0.05) is 19.2 Å². The van der Waals surface area contributed by atoms with E-state index in [9.17, 15) is 4.79 Å². The van der Waals surface area contributed by atoms with Gasteiger partial charge in [-0.05, 0) is 27.1 Å². The molecule has 1 heterocycles. The molecule has 1 aromatic heterocycles. The predicted octanol–water partition coefficient (Wildman–Crippen LogP) is 3.01. The summed E-state index contributed by atoms with van der Waals surface area (Å²) in [5.41, 5.74) is 1.77. The Morgan fingerprint density at radius 1 is 1.14 bits per heavy atom. The lowest BCUT2D eigenvalue weighted by molar-refractivity contribution is 0.112. The number of hydrogen-bond acceptors (Lipinski definition) is 5. The summed E-state index contributed by atoms with van der Waals surface area (Å²) in [6, 6.07) is 9.86. The summed E-state index contributed by atoms with van der Waals surface area (Å²) in [5.74, 6) is 0. The van der Waals surface area contributed by atoms with Crippen LogP contribution in [0.3, 0.4) is 0 Å². The van der Waals surface area contributed by atoms with Crippen LogP contribution in [0.15, 0.2) is 30.3 Å².